The fourth-order valence-corrected chi connectivity index (χ4v) is 17.2. The molecule has 8 unspecified atom stereocenters. The van der Waals surface area contributed by atoms with Gasteiger partial charge >= 0.3 is 15.6 Å². The van der Waals surface area contributed by atoms with E-state index < -0.39 is 177 Å². The van der Waals surface area contributed by atoms with E-state index in [0.717, 1.165) is 154 Å². The van der Waals surface area contributed by atoms with Crippen LogP contribution in [0.3, 0.4) is 0 Å². The molecule has 12 N–H and O–H groups in total. The molecule has 0 radical (unpaired) electrons. The zero-order valence-corrected chi connectivity index (χ0v) is 65.4. The van der Waals surface area contributed by atoms with E-state index in [4.69, 9.17) is 51.3 Å². The molecule has 6 aliphatic rings. The molecule has 106 heavy (non-hydrogen) atoms. The number of methoxy groups -OCH3 is 1. The van der Waals surface area contributed by atoms with E-state index in [1.54, 1.807) is 25.7 Å². The highest BCUT2D eigenvalue weighted by atomic mass is 31.2. The van der Waals surface area contributed by atoms with Gasteiger partial charge in [-0.25, -0.2) is 9.13 Å². The first-order chi connectivity index (χ1) is 50.8. The van der Waals surface area contributed by atoms with Crippen molar-refractivity contribution in [1.82, 2.24) is 14.7 Å². The first-order valence-electron chi connectivity index (χ1n) is 39.9. The molecule has 3 amide bonds. The van der Waals surface area contributed by atoms with Gasteiger partial charge in [-0.2, -0.15) is 0 Å². The summed E-state index contributed by atoms with van der Waals surface area (Å²) in [4.78, 5) is 68.1. The Kier molecular flexibility index (Phi) is 43.4. The number of aliphatic hydroxyl groups is 10. The first kappa shape index (κ1) is 92.8. The van der Waals surface area contributed by atoms with Crippen LogP contribution >= 0.6 is 15.6 Å². The summed E-state index contributed by atoms with van der Waals surface area (Å²) in [5.41, 5.74) is 0. The summed E-state index contributed by atoms with van der Waals surface area (Å²) in [5.74, 6) is -1.95. The number of nitrogens with zero attached hydrogens (tertiary/aromatic N) is 3. The zero-order valence-electron chi connectivity index (χ0n) is 63.6. The van der Waals surface area contributed by atoms with E-state index in [-0.39, 0.29) is 82.5 Å². The number of phosphoric ester groups is 2. The topological polar surface area (TPSA) is 439 Å². The molecular formula is C73H135N3O28P2. The zero-order chi connectivity index (χ0) is 77.2. The second kappa shape index (κ2) is 49.6. The van der Waals surface area contributed by atoms with Crippen molar-refractivity contribution >= 4 is 33.4 Å². The Balaban J connectivity index is 0.897. The maximum atomic E-state index is 14.1. The molecule has 6 rings (SSSR count). The van der Waals surface area contributed by atoms with Crippen LogP contribution in [0, 0.1) is 17.8 Å². The molecule has 6 fully saturated rings. The number of carbonyl (C=O) groups excluding carboxylic acids is 3. The van der Waals surface area contributed by atoms with Crippen molar-refractivity contribution in [3.8, 4) is 0 Å². The minimum Gasteiger partial charge on any atom is -0.394 e. The van der Waals surface area contributed by atoms with Crippen molar-refractivity contribution in [2.24, 2.45) is 17.8 Å². The van der Waals surface area contributed by atoms with Crippen LogP contribution in [-0.4, -0.2) is 290 Å². The maximum Gasteiger partial charge on any atom is 0.472 e. The van der Waals surface area contributed by atoms with Gasteiger partial charge in [0.1, 0.15) is 36.6 Å². The number of hydrogen-bond donors (Lipinski definition) is 12. The average molecular weight is 1560 g/mol. The lowest BCUT2D eigenvalue weighted by molar-refractivity contribution is -0.282. The van der Waals surface area contributed by atoms with E-state index >= 15 is 0 Å². The standard InChI is InChI=1S/C73H135N3O28P2/c1-50-65(84)68(87)59(44-77)100-71(50)95-35-29-23-17-11-5-8-14-20-26-32-62(81)74-41-56(80)38-53(74)48-98-105(90,91)104-58-40-55(76(43-58)64(83)34-28-22-16-10-7-13-19-25-31-37-97-73-52(3)67(86)70(89)61(46-79)102-73)49-99-106(92,93)103-57-39-54(47-94-4)75(42-57)63(82)33-27-21-15-9-6-12-18-24-30-36-96-72-51(2)66(85)69(88)60(45-78)101-72/h50-61,65-73,77-80,84-89H,5-49H2,1-4H3,(H,90,91)(H,92,93)/t50?,51?,52?,53-,54-,55-,56+,57+,58+,59?,60?,61?,65+,66+,67+,68-,69-,70-,71+,72+,73+/m0/s1. The lowest BCUT2D eigenvalue weighted by atomic mass is 9.92. The predicted octanol–water partition coefficient (Wildman–Crippen LogP) is 5.78. The van der Waals surface area contributed by atoms with Crippen LogP contribution in [0.15, 0.2) is 0 Å². The lowest BCUT2D eigenvalue weighted by Gasteiger charge is -2.40. The molecule has 0 spiro atoms. The normalized spacial score (nSPS) is 32.6. The van der Waals surface area contributed by atoms with Gasteiger partial charge in [0, 0.05) is 83.6 Å². The Morgan fingerprint density at radius 1 is 0.377 bits per heavy atom. The minimum atomic E-state index is -4.87. The smallest absolute Gasteiger partial charge is 0.394 e. The number of phosphoric acid groups is 2. The van der Waals surface area contributed by atoms with Crippen molar-refractivity contribution < 1.29 is 136 Å². The second-order valence-corrected chi connectivity index (χ2v) is 33.3. The Morgan fingerprint density at radius 3 is 0.934 bits per heavy atom. The lowest BCUT2D eigenvalue weighted by Crippen LogP contribution is -2.55. The minimum absolute atomic E-state index is 0.0324. The third-order valence-electron chi connectivity index (χ3n) is 21.9. The largest absolute Gasteiger partial charge is 0.472 e. The summed E-state index contributed by atoms with van der Waals surface area (Å²) in [7, 11) is -8.20. The van der Waals surface area contributed by atoms with E-state index in [1.165, 1.54) is 16.9 Å². The third-order valence-corrected chi connectivity index (χ3v) is 24.0. The molecular weight excluding hydrogens is 1430 g/mol. The Labute approximate surface area is 628 Å². The van der Waals surface area contributed by atoms with Crippen LogP contribution in [0.1, 0.15) is 233 Å². The number of ether oxygens (including phenoxy) is 7. The number of amides is 3. The number of unbranched alkanes of at least 4 members (excludes halogenated alkanes) is 24. The van der Waals surface area contributed by atoms with Crippen molar-refractivity contribution in [2.75, 3.05) is 86.2 Å². The van der Waals surface area contributed by atoms with Crippen LogP contribution in [0.2, 0.25) is 0 Å². The van der Waals surface area contributed by atoms with Gasteiger partial charge in [0.15, 0.2) is 18.9 Å². The highest BCUT2D eigenvalue weighted by Crippen LogP contribution is 2.50. The van der Waals surface area contributed by atoms with Crippen molar-refractivity contribution in [1.29, 1.82) is 0 Å². The van der Waals surface area contributed by atoms with Gasteiger partial charge in [-0.1, -0.05) is 156 Å². The van der Waals surface area contributed by atoms with Crippen molar-refractivity contribution in [3.63, 3.8) is 0 Å². The maximum absolute atomic E-state index is 14.1. The van der Waals surface area contributed by atoms with Gasteiger partial charge in [0.25, 0.3) is 0 Å². The number of β-amino-alcohol motifs (C(OH)–C–C–N with tert-alkyl or cyclic N) is 1. The molecule has 0 aliphatic carbocycles. The van der Waals surface area contributed by atoms with Gasteiger partial charge in [-0.15, -0.1) is 0 Å². The molecule has 0 aromatic carbocycles. The SMILES string of the molecule is COC[C@@H]1C[C@@H](OP(=O)(O)OC[C@@H]2C[C@@H](OP(=O)(O)OC[C@@H]3C[C@@H](O)CN3C(=O)CCCCCCCCCCCO[C@@H]3OC(CO)[C@H](O)[C@H](O)C3C)CN2C(=O)CCCCCCCCCCCO[C@@H]2OC(CO)[C@H](O)[C@H](O)C2C)CN1C(=O)CCCCCCCCCCCO[C@@H]1OC(CO)[C@H](O)[C@H](O)C1C. The number of hydrogen-bond acceptors (Lipinski definition) is 26. The molecule has 0 saturated carbocycles. The fraction of sp³-hybridized carbons (Fsp3) is 0.959. The van der Waals surface area contributed by atoms with Crippen molar-refractivity contribution in [3.05, 3.63) is 0 Å². The van der Waals surface area contributed by atoms with Crippen LogP contribution in [0.5, 0.6) is 0 Å². The van der Waals surface area contributed by atoms with E-state index in [2.05, 4.69) is 0 Å². The molecule has 31 nitrogen and oxygen atoms in total. The average Bonchev–Trinajstić information content (AvgIpc) is 1.13. The third kappa shape index (κ3) is 31.4. The number of likely N-dealkylation sites (tertiary alicyclic amines) is 3. The van der Waals surface area contributed by atoms with Gasteiger partial charge in [0.2, 0.25) is 17.7 Å². The highest BCUT2D eigenvalue weighted by Gasteiger charge is 2.47. The van der Waals surface area contributed by atoms with Crippen LogP contribution < -0.4 is 0 Å². The number of rotatable bonds is 54. The van der Waals surface area contributed by atoms with Gasteiger partial charge in [0.05, 0.1) is 94.4 Å². The van der Waals surface area contributed by atoms with Crippen LogP contribution in [0.4, 0.5) is 0 Å². The van der Waals surface area contributed by atoms with Crippen LogP contribution in [-0.2, 0) is 74.8 Å². The molecule has 0 aromatic rings. The Hall–Kier alpha value is -2.05. The molecule has 23 atom stereocenters. The van der Waals surface area contributed by atoms with E-state index in [0.29, 0.717) is 39.1 Å². The fourth-order valence-electron chi connectivity index (χ4n) is 15.3. The monoisotopic (exact) mass is 1560 g/mol. The van der Waals surface area contributed by atoms with Crippen molar-refractivity contribution in [2.45, 2.75) is 343 Å². The highest BCUT2D eigenvalue weighted by molar-refractivity contribution is 7.47. The molecule has 0 bridgehead atoms. The van der Waals surface area contributed by atoms with Gasteiger partial charge in [-0.05, 0) is 57.8 Å². The Bertz CT molecular complexity index is 2540. The summed E-state index contributed by atoms with van der Waals surface area (Å²) in [5, 5.41) is 100. The second-order valence-electron chi connectivity index (χ2n) is 30.5. The summed E-state index contributed by atoms with van der Waals surface area (Å²) in [6.07, 6.45) is 11.1. The Morgan fingerprint density at radius 2 is 0.642 bits per heavy atom. The molecule has 6 aliphatic heterocycles. The van der Waals surface area contributed by atoms with E-state index in [9.17, 15) is 84.4 Å². The van der Waals surface area contributed by atoms with Gasteiger partial charge in [-0.3, -0.25) is 32.5 Å². The quantitative estimate of drug-likeness (QED) is 0.0254. The molecule has 0 aromatic heterocycles. The number of aliphatic hydroxyl groups excluding tert-OH is 10. The van der Waals surface area contributed by atoms with Crippen LogP contribution in [0.25, 0.3) is 0 Å². The summed E-state index contributed by atoms with van der Waals surface area (Å²) >= 11 is 0. The molecule has 620 valence electrons. The van der Waals surface area contributed by atoms with E-state index in [1.807, 2.05) is 0 Å². The molecule has 6 saturated heterocycles. The molecule has 33 heteroatoms. The predicted molar refractivity (Wildman–Crippen MR) is 387 cm³/mol. The summed E-state index contributed by atoms with van der Waals surface area (Å²) < 4.78 is 89.9. The summed E-state index contributed by atoms with van der Waals surface area (Å²) in [6, 6.07) is -1.99. The van der Waals surface area contributed by atoms with Gasteiger partial charge < -0.3 is 109 Å². The molecule has 6 heterocycles. The first-order valence-corrected chi connectivity index (χ1v) is 42.9. The number of carbonyl (C=O) groups is 3. The summed E-state index contributed by atoms with van der Waals surface area (Å²) in [6.45, 7) is 4.46.